The summed E-state index contributed by atoms with van der Waals surface area (Å²) in [5, 5.41) is 5.46. The molecule has 142 valence electrons. The maximum atomic E-state index is 3.57. The van der Waals surface area contributed by atoms with E-state index in [9.17, 15) is 0 Å². The Morgan fingerprint density at radius 2 is 1.76 bits per heavy atom. The number of rotatable bonds is 2. The predicted molar refractivity (Wildman–Crippen MR) is 109 cm³/mol. The fourth-order valence-electron chi connectivity index (χ4n) is 8.35. The second kappa shape index (κ2) is 6.43. The third kappa shape index (κ3) is 2.84. The normalized spacial score (nSPS) is 55.4. The molecule has 0 aromatic carbocycles. The maximum Gasteiger partial charge on any atom is 0.0187 e. The molecule has 4 saturated carbocycles. The zero-order valence-corrected chi connectivity index (χ0v) is 17.4. The van der Waals surface area contributed by atoms with Gasteiger partial charge in [0.15, 0.2) is 0 Å². The first kappa shape index (κ1) is 17.4. The minimum absolute atomic E-state index is 0.692. The van der Waals surface area contributed by atoms with Gasteiger partial charge in [0.05, 0.1) is 0 Å². The molecule has 0 radical (unpaired) electrons. The van der Waals surface area contributed by atoms with Gasteiger partial charge in [-0.3, -0.25) is 0 Å². The Balaban J connectivity index is 1.29. The standard InChI is InChI=1S/C23H39NS/c1-22-10-3-4-20(22)19-6-5-16-14-17(25-18-9-13-24-15-18)7-12-23(16,2)21(19)8-11-22/h16-21,24H,3-15H2,1-2H3/t16?,17-,18?,19+,20+,21+,22+,23+/m1/s1. The van der Waals surface area contributed by atoms with Crippen molar-refractivity contribution in [3.8, 4) is 0 Å². The molecule has 8 atom stereocenters. The summed E-state index contributed by atoms with van der Waals surface area (Å²) in [6.07, 6.45) is 16.9. The summed E-state index contributed by atoms with van der Waals surface area (Å²) in [7, 11) is 0. The van der Waals surface area contributed by atoms with Crippen LogP contribution in [0.4, 0.5) is 0 Å². The Labute approximate surface area is 159 Å². The van der Waals surface area contributed by atoms with Crippen LogP contribution in [0.3, 0.4) is 0 Å². The third-order valence-corrected chi connectivity index (χ3v) is 11.4. The van der Waals surface area contributed by atoms with Gasteiger partial charge in [-0.15, -0.1) is 0 Å². The van der Waals surface area contributed by atoms with E-state index in [0.29, 0.717) is 5.41 Å². The lowest BCUT2D eigenvalue weighted by molar-refractivity contribution is -0.102. The Morgan fingerprint density at radius 1 is 0.840 bits per heavy atom. The van der Waals surface area contributed by atoms with Crippen LogP contribution in [0.5, 0.6) is 0 Å². The maximum absolute atomic E-state index is 3.57. The summed E-state index contributed by atoms with van der Waals surface area (Å²) in [4.78, 5) is 0. The van der Waals surface area contributed by atoms with Crippen LogP contribution in [0.15, 0.2) is 0 Å². The lowest BCUT2D eigenvalue weighted by Gasteiger charge is -2.60. The van der Waals surface area contributed by atoms with Crippen molar-refractivity contribution in [1.82, 2.24) is 5.32 Å². The van der Waals surface area contributed by atoms with Gasteiger partial charge < -0.3 is 5.32 Å². The fourth-order valence-corrected chi connectivity index (χ4v) is 9.96. The summed E-state index contributed by atoms with van der Waals surface area (Å²) >= 11 is 2.36. The van der Waals surface area contributed by atoms with Crippen LogP contribution in [-0.2, 0) is 0 Å². The molecule has 5 fully saturated rings. The molecule has 0 aromatic rings. The summed E-state index contributed by atoms with van der Waals surface area (Å²) in [6, 6.07) is 0. The van der Waals surface area contributed by atoms with E-state index < -0.39 is 0 Å². The molecule has 1 aliphatic heterocycles. The van der Waals surface area contributed by atoms with Gasteiger partial charge in [0, 0.05) is 17.0 Å². The van der Waals surface area contributed by atoms with Gasteiger partial charge in [0.1, 0.15) is 0 Å². The van der Waals surface area contributed by atoms with Crippen molar-refractivity contribution in [2.24, 2.45) is 34.5 Å². The van der Waals surface area contributed by atoms with Crippen LogP contribution in [0.2, 0.25) is 0 Å². The van der Waals surface area contributed by atoms with Gasteiger partial charge in [0.2, 0.25) is 0 Å². The minimum Gasteiger partial charge on any atom is -0.316 e. The molecule has 0 aromatic heterocycles. The second-order valence-corrected chi connectivity index (χ2v) is 12.5. The SMILES string of the molecule is C[C@@]12CCC[C@H]1[C@@H]1CCC3C[C@H](SC4CCNC4)CC[C@]3(C)[C@H]1CC2. The van der Waals surface area contributed by atoms with Gasteiger partial charge in [0.25, 0.3) is 0 Å². The van der Waals surface area contributed by atoms with Crippen molar-refractivity contribution < 1.29 is 0 Å². The molecular formula is C23H39NS. The third-order valence-electron chi connectivity index (χ3n) is 9.80. The van der Waals surface area contributed by atoms with Crippen LogP contribution in [0.25, 0.3) is 0 Å². The molecule has 5 aliphatic rings. The Kier molecular flexibility index (Phi) is 4.48. The Bertz CT molecular complexity index is 500. The van der Waals surface area contributed by atoms with E-state index in [1.807, 2.05) is 0 Å². The van der Waals surface area contributed by atoms with Crippen LogP contribution in [0, 0.1) is 34.5 Å². The Hall–Kier alpha value is 0.310. The van der Waals surface area contributed by atoms with Crippen molar-refractivity contribution in [1.29, 1.82) is 0 Å². The highest BCUT2D eigenvalue weighted by Crippen LogP contribution is 2.66. The smallest absolute Gasteiger partial charge is 0.0187 e. The largest absolute Gasteiger partial charge is 0.316 e. The molecule has 4 aliphatic carbocycles. The first-order chi connectivity index (χ1) is 12.1. The lowest BCUT2D eigenvalue weighted by Crippen LogP contribution is -2.53. The van der Waals surface area contributed by atoms with Gasteiger partial charge in [-0.25, -0.2) is 0 Å². The molecular weight excluding hydrogens is 322 g/mol. The zero-order valence-electron chi connectivity index (χ0n) is 16.6. The molecule has 0 amide bonds. The zero-order chi connectivity index (χ0) is 17.1. The van der Waals surface area contributed by atoms with E-state index >= 15 is 0 Å². The average Bonchev–Trinajstić information content (AvgIpc) is 3.24. The summed E-state index contributed by atoms with van der Waals surface area (Å²) < 4.78 is 0. The van der Waals surface area contributed by atoms with Gasteiger partial charge >= 0.3 is 0 Å². The highest BCUT2D eigenvalue weighted by molar-refractivity contribution is 8.00. The van der Waals surface area contributed by atoms with E-state index in [4.69, 9.17) is 0 Å². The quantitative estimate of drug-likeness (QED) is 0.659. The van der Waals surface area contributed by atoms with Gasteiger partial charge in [-0.1, -0.05) is 20.3 Å². The van der Waals surface area contributed by atoms with Crippen LogP contribution < -0.4 is 5.32 Å². The van der Waals surface area contributed by atoms with Crippen molar-refractivity contribution in [2.45, 2.75) is 95.0 Å². The molecule has 2 unspecified atom stereocenters. The molecule has 2 heteroatoms. The molecule has 1 saturated heterocycles. The van der Waals surface area contributed by atoms with Crippen molar-refractivity contribution in [2.75, 3.05) is 13.1 Å². The first-order valence-electron chi connectivity index (χ1n) is 11.4. The van der Waals surface area contributed by atoms with E-state index in [-0.39, 0.29) is 0 Å². The second-order valence-electron chi connectivity index (χ2n) is 10.9. The van der Waals surface area contributed by atoms with Crippen molar-refractivity contribution >= 4 is 11.8 Å². The van der Waals surface area contributed by atoms with Crippen LogP contribution in [-0.4, -0.2) is 23.6 Å². The average molecular weight is 362 g/mol. The highest BCUT2D eigenvalue weighted by Gasteiger charge is 2.57. The van der Waals surface area contributed by atoms with Crippen molar-refractivity contribution in [3.05, 3.63) is 0 Å². The van der Waals surface area contributed by atoms with E-state index in [1.165, 1.54) is 38.8 Å². The predicted octanol–water partition coefficient (Wildman–Crippen LogP) is 5.88. The van der Waals surface area contributed by atoms with E-state index in [1.54, 1.807) is 44.9 Å². The molecule has 1 nitrogen and oxygen atoms in total. The summed E-state index contributed by atoms with van der Waals surface area (Å²) in [5.41, 5.74) is 1.42. The highest BCUT2D eigenvalue weighted by atomic mass is 32.2. The fraction of sp³-hybridized carbons (Fsp3) is 1.00. The molecule has 0 spiro atoms. The number of thioether (sulfide) groups is 1. The van der Waals surface area contributed by atoms with Gasteiger partial charge in [-0.2, -0.15) is 11.8 Å². The van der Waals surface area contributed by atoms with Crippen LogP contribution >= 0.6 is 11.8 Å². The number of hydrogen-bond acceptors (Lipinski definition) is 2. The topological polar surface area (TPSA) is 12.0 Å². The number of hydrogen-bond donors (Lipinski definition) is 1. The van der Waals surface area contributed by atoms with Crippen molar-refractivity contribution in [3.63, 3.8) is 0 Å². The summed E-state index contributed by atoms with van der Waals surface area (Å²) in [5.74, 6) is 4.29. The number of fused-ring (bicyclic) bond motifs is 5. The van der Waals surface area contributed by atoms with Crippen LogP contribution in [0.1, 0.15) is 84.5 Å². The molecule has 25 heavy (non-hydrogen) atoms. The lowest BCUT2D eigenvalue weighted by atomic mass is 9.45. The molecule has 0 bridgehead atoms. The molecule has 1 heterocycles. The first-order valence-corrected chi connectivity index (χ1v) is 12.4. The van der Waals surface area contributed by atoms with Gasteiger partial charge in [-0.05, 0) is 105 Å². The number of nitrogens with one attached hydrogen (secondary N) is 1. The molecule has 1 N–H and O–H groups in total. The summed E-state index contributed by atoms with van der Waals surface area (Å²) in [6.45, 7) is 7.92. The van der Waals surface area contributed by atoms with E-state index in [2.05, 4.69) is 30.9 Å². The minimum atomic E-state index is 0.692. The monoisotopic (exact) mass is 361 g/mol. The Morgan fingerprint density at radius 3 is 2.60 bits per heavy atom. The molecule has 5 rings (SSSR count). The van der Waals surface area contributed by atoms with E-state index in [0.717, 1.165) is 39.6 Å².